The van der Waals surface area contributed by atoms with Crippen LogP contribution in [-0.4, -0.2) is 9.55 Å². The van der Waals surface area contributed by atoms with Crippen molar-refractivity contribution >= 4 is 0 Å². The van der Waals surface area contributed by atoms with Gasteiger partial charge in [0.05, 0.1) is 5.69 Å². The molecule has 0 N–H and O–H groups in total. The monoisotopic (exact) mass is 424 g/mol. The SMILES string of the molecule is CCCCCCCCCCCc1nc(CCCc2ccccc2)cn1CCCCCC. The molecule has 0 fully saturated rings. The minimum absolute atomic E-state index is 1.10. The average Bonchev–Trinajstić information content (AvgIpc) is 3.18. The van der Waals surface area contributed by atoms with Crippen LogP contribution in [0.4, 0.5) is 0 Å². The molecule has 2 nitrogen and oxygen atoms in total. The Balaban J connectivity index is 1.74. The number of unbranched alkanes of at least 4 members (excludes halogenated alkanes) is 11. The minimum Gasteiger partial charge on any atom is -0.335 e. The van der Waals surface area contributed by atoms with E-state index in [1.54, 1.807) is 0 Å². The molecule has 0 aliphatic rings. The lowest BCUT2D eigenvalue weighted by atomic mass is 10.1. The molecule has 0 aliphatic carbocycles. The maximum absolute atomic E-state index is 5.07. The molecule has 0 amide bonds. The first kappa shape index (κ1) is 25.7. The van der Waals surface area contributed by atoms with Gasteiger partial charge in [0.15, 0.2) is 0 Å². The van der Waals surface area contributed by atoms with Crippen molar-refractivity contribution in [3.05, 3.63) is 53.6 Å². The zero-order valence-corrected chi connectivity index (χ0v) is 20.6. The molecule has 31 heavy (non-hydrogen) atoms. The maximum Gasteiger partial charge on any atom is 0.108 e. The normalized spacial score (nSPS) is 11.3. The lowest BCUT2D eigenvalue weighted by Gasteiger charge is -2.07. The van der Waals surface area contributed by atoms with E-state index < -0.39 is 0 Å². The molecule has 0 unspecified atom stereocenters. The molecule has 1 heterocycles. The van der Waals surface area contributed by atoms with Crippen molar-refractivity contribution in [1.82, 2.24) is 9.55 Å². The third kappa shape index (κ3) is 11.6. The first-order valence-corrected chi connectivity index (χ1v) is 13.4. The summed E-state index contributed by atoms with van der Waals surface area (Å²) in [5.41, 5.74) is 2.74. The molecule has 1 aromatic heterocycles. The fraction of sp³-hybridized carbons (Fsp3) is 0.690. The summed E-state index contributed by atoms with van der Waals surface area (Å²) in [4.78, 5) is 5.07. The van der Waals surface area contributed by atoms with Crippen LogP contribution in [0.3, 0.4) is 0 Å². The number of benzene rings is 1. The van der Waals surface area contributed by atoms with Gasteiger partial charge in [-0.1, -0.05) is 115 Å². The Morgan fingerprint density at radius 1 is 0.613 bits per heavy atom. The van der Waals surface area contributed by atoms with Crippen molar-refractivity contribution < 1.29 is 0 Å². The second kappa shape index (κ2) is 17.0. The van der Waals surface area contributed by atoms with Gasteiger partial charge in [0.25, 0.3) is 0 Å². The summed E-state index contributed by atoms with van der Waals surface area (Å²) >= 11 is 0. The van der Waals surface area contributed by atoms with Gasteiger partial charge in [-0.3, -0.25) is 0 Å². The molecule has 0 atom stereocenters. The summed E-state index contributed by atoms with van der Waals surface area (Å²) in [6.07, 6.45) is 24.8. The third-order valence-corrected chi connectivity index (χ3v) is 6.41. The van der Waals surface area contributed by atoms with Crippen LogP contribution in [-0.2, 0) is 25.8 Å². The van der Waals surface area contributed by atoms with Gasteiger partial charge in [-0.05, 0) is 37.7 Å². The number of imidazole rings is 1. The number of hydrogen-bond acceptors (Lipinski definition) is 1. The largest absolute Gasteiger partial charge is 0.335 e. The van der Waals surface area contributed by atoms with E-state index in [-0.39, 0.29) is 0 Å². The van der Waals surface area contributed by atoms with Gasteiger partial charge in [-0.2, -0.15) is 0 Å². The van der Waals surface area contributed by atoms with Gasteiger partial charge in [-0.25, -0.2) is 4.98 Å². The fourth-order valence-corrected chi connectivity index (χ4v) is 4.45. The van der Waals surface area contributed by atoms with Crippen molar-refractivity contribution in [2.24, 2.45) is 0 Å². The Morgan fingerprint density at radius 2 is 1.23 bits per heavy atom. The second-order valence-corrected chi connectivity index (χ2v) is 9.32. The zero-order valence-electron chi connectivity index (χ0n) is 20.6. The van der Waals surface area contributed by atoms with E-state index in [1.165, 1.54) is 107 Å². The Bertz CT molecular complexity index is 659. The standard InChI is InChI=1S/C29H48N2/c1-3-5-7-9-10-11-12-13-17-24-29-30-28(26-31(29)25-18-8-6-4-2)23-19-22-27-20-15-14-16-21-27/h14-16,20-21,26H,3-13,17-19,22-25H2,1-2H3. The Kier molecular flexibility index (Phi) is 14.1. The predicted molar refractivity (Wildman–Crippen MR) is 136 cm³/mol. The highest BCUT2D eigenvalue weighted by molar-refractivity contribution is 5.15. The van der Waals surface area contributed by atoms with Crippen LogP contribution in [0.2, 0.25) is 0 Å². The summed E-state index contributed by atoms with van der Waals surface area (Å²) < 4.78 is 2.48. The molecule has 0 bridgehead atoms. The van der Waals surface area contributed by atoms with E-state index in [1.807, 2.05) is 0 Å². The molecule has 0 saturated carbocycles. The third-order valence-electron chi connectivity index (χ3n) is 6.41. The lowest BCUT2D eigenvalue weighted by molar-refractivity contribution is 0.540. The van der Waals surface area contributed by atoms with E-state index >= 15 is 0 Å². The smallest absolute Gasteiger partial charge is 0.108 e. The van der Waals surface area contributed by atoms with Crippen LogP contribution in [0.1, 0.15) is 121 Å². The molecular formula is C29H48N2. The molecule has 0 saturated heterocycles. The van der Waals surface area contributed by atoms with Crippen LogP contribution in [0.5, 0.6) is 0 Å². The van der Waals surface area contributed by atoms with Gasteiger partial charge in [0, 0.05) is 19.2 Å². The van der Waals surface area contributed by atoms with Crippen molar-refractivity contribution in [3.63, 3.8) is 0 Å². The molecule has 1 aromatic carbocycles. The minimum atomic E-state index is 1.10. The van der Waals surface area contributed by atoms with Crippen LogP contribution in [0.15, 0.2) is 36.5 Å². The maximum atomic E-state index is 5.07. The van der Waals surface area contributed by atoms with Gasteiger partial charge in [0.1, 0.15) is 5.82 Å². The van der Waals surface area contributed by atoms with Crippen LogP contribution >= 0.6 is 0 Å². The van der Waals surface area contributed by atoms with Gasteiger partial charge < -0.3 is 4.57 Å². The van der Waals surface area contributed by atoms with E-state index in [0.717, 1.165) is 25.8 Å². The summed E-state index contributed by atoms with van der Waals surface area (Å²) in [6, 6.07) is 10.9. The Labute approximate surface area is 192 Å². The number of rotatable bonds is 19. The van der Waals surface area contributed by atoms with E-state index in [9.17, 15) is 0 Å². The lowest BCUT2D eigenvalue weighted by Crippen LogP contribution is -2.03. The van der Waals surface area contributed by atoms with Crippen molar-refractivity contribution in [2.45, 2.75) is 130 Å². The van der Waals surface area contributed by atoms with Gasteiger partial charge >= 0.3 is 0 Å². The highest BCUT2D eigenvalue weighted by atomic mass is 15.1. The van der Waals surface area contributed by atoms with Crippen LogP contribution in [0, 0.1) is 0 Å². The summed E-state index contributed by atoms with van der Waals surface area (Å²) in [6.45, 7) is 5.73. The average molecular weight is 425 g/mol. The first-order chi connectivity index (χ1) is 15.3. The second-order valence-electron chi connectivity index (χ2n) is 9.32. The molecule has 0 radical (unpaired) electrons. The van der Waals surface area contributed by atoms with Crippen LogP contribution in [0.25, 0.3) is 0 Å². The molecule has 0 spiro atoms. The van der Waals surface area contributed by atoms with Crippen LogP contribution < -0.4 is 0 Å². The number of hydrogen-bond donors (Lipinski definition) is 0. The highest BCUT2D eigenvalue weighted by Gasteiger charge is 2.08. The summed E-state index contributed by atoms with van der Waals surface area (Å²) in [5, 5.41) is 0. The molecule has 2 rings (SSSR count). The summed E-state index contributed by atoms with van der Waals surface area (Å²) in [7, 11) is 0. The molecule has 0 aliphatic heterocycles. The Morgan fingerprint density at radius 3 is 1.90 bits per heavy atom. The van der Waals surface area contributed by atoms with Crippen molar-refractivity contribution in [1.29, 1.82) is 0 Å². The number of aromatic nitrogens is 2. The highest BCUT2D eigenvalue weighted by Crippen LogP contribution is 2.15. The van der Waals surface area contributed by atoms with E-state index in [4.69, 9.17) is 4.98 Å². The Hall–Kier alpha value is -1.57. The zero-order chi connectivity index (χ0) is 22.0. The predicted octanol–water partition coefficient (Wildman–Crippen LogP) is 8.71. The van der Waals surface area contributed by atoms with Gasteiger partial charge in [-0.15, -0.1) is 0 Å². The van der Waals surface area contributed by atoms with E-state index in [2.05, 4.69) is 54.9 Å². The molecule has 2 aromatic rings. The molecule has 174 valence electrons. The topological polar surface area (TPSA) is 17.8 Å². The number of nitrogens with zero attached hydrogens (tertiary/aromatic N) is 2. The van der Waals surface area contributed by atoms with Gasteiger partial charge in [0.2, 0.25) is 0 Å². The summed E-state index contributed by atoms with van der Waals surface area (Å²) in [5.74, 6) is 1.34. The van der Waals surface area contributed by atoms with E-state index in [0.29, 0.717) is 0 Å². The van der Waals surface area contributed by atoms with Crippen molar-refractivity contribution in [3.8, 4) is 0 Å². The van der Waals surface area contributed by atoms with Crippen molar-refractivity contribution in [2.75, 3.05) is 0 Å². The first-order valence-electron chi connectivity index (χ1n) is 13.4. The molecular weight excluding hydrogens is 376 g/mol. The fourth-order valence-electron chi connectivity index (χ4n) is 4.45. The quantitative estimate of drug-likeness (QED) is 0.206. The number of aryl methyl sites for hydroxylation is 4. The molecule has 2 heteroatoms.